The molecule has 0 amide bonds. The molecule has 3 rings (SSSR count). The maximum atomic E-state index is 12.2. The number of hydrogen-bond acceptors (Lipinski definition) is 4. The Bertz CT molecular complexity index is 992. The monoisotopic (exact) mass is 542 g/mol. The first-order chi connectivity index (χ1) is 19.7. The average Bonchev–Trinajstić information content (AvgIpc) is 3.50. The summed E-state index contributed by atoms with van der Waals surface area (Å²) in [6.45, 7) is 2.27. The molecular weight excluding hydrogens is 494 g/mol. The Kier molecular flexibility index (Phi) is 15.5. The second kappa shape index (κ2) is 19.5. The Balaban J connectivity index is 1.22. The van der Waals surface area contributed by atoms with Crippen LogP contribution in [0, 0.1) is 31.6 Å². The molecule has 5 radical (unpaired) electrons. The fraction of sp³-hybridized carbons (Fsp3) is 0.472. The first-order valence-electron chi connectivity index (χ1n) is 15.6. The predicted molar refractivity (Wildman–Crippen MR) is 167 cm³/mol. The molecule has 4 nitrogen and oxygen atoms in total. The molecule has 1 saturated carbocycles. The number of phenolic OH excluding ortho intramolecular Hbond substituents is 1. The molecule has 0 atom stereocenters. The van der Waals surface area contributed by atoms with E-state index in [1.807, 2.05) is 37.1 Å². The summed E-state index contributed by atoms with van der Waals surface area (Å²) in [7, 11) is 0. The van der Waals surface area contributed by atoms with Crippen LogP contribution in [0.15, 0.2) is 47.5 Å². The van der Waals surface area contributed by atoms with Crippen LogP contribution < -0.4 is 4.74 Å². The standard InChI is InChI=1S/C36H48NO3/c1-2-3-4-5-6-7-8-9-10-11-12-13-14-15-16-21-36(39)40-34-27-24-32(35(38)28-34)29-37-33-25-22-31(23-26-33)30-19-17-18-20-30/h17-20,22-29,38H,2-16,21H2,1H3. The van der Waals surface area contributed by atoms with Crippen LogP contribution in [0.4, 0.5) is 5.69 Å². The smallest absolute Gasteiger partial charge is 0.311 e. The zero-order chi connectivity index (χ0) is 28.3. The van der Waals surface area contributed by atoms with Crippen molar-refractivity contribution in [1.29, 1.82) is 0 Å². The summed E-state index contributed by atoms with van der Waals surface area (Å²) in [5, 5.41) is 10.4. The summed E-state index contributed by atoms with van der Waals surface area (Å²) in [6.07, 6.45) is 29.7. The lowest BCUT2D eigenvalue weighted by molar-refractivity contribution is -0.134. The van der Waals surface area contributed by atoms with E-state index in [0.717, 1.165) is 24.1 Å². The number of carbonyl (C=O) groups excluding carboxylic acids is 1. The largest absolute Gasteiger partial charge is 0.507 e. The second-order valence-corrected chi connectivity index (χ2v) is 10.9. The van der Waals surface area contributed by atoms with Gasteiger partial charge in [0, 0.05) is 30.2 Å². The van der Waals surface area contributed by atoms with E-state index in [0.29, 0.717) is 17.7 Å². The maximum absolute atomic E-state index is 12.2. The molecule has 0 heterocycles. The maximum Gasteiger partial charge on any atom is 0.311 e. The van der Waals surface area contributed by atoms with Crippen LogP contribution in [0.5, 0.6) is 11.5 Å². The number of unbranched alkanes of at least 4 members (excludes halogenated alkanes) is 14. The number of carbonyl (C=O) groups is 1. The van der Waals surface area contributed by atoms with Gasteiger partial charge in [0.15, 0.2) is 0 Å². The van der Waals surface area contributed by atoms with Gasteiger partial charge in [-0.2, -0.15) is 0 Å². The molecule has 0 unspecified atom stereocenters. The molecule has 0 bridgehead atoms. The number of esters is 1. The van der Waals surface area contributed by atoms with Gasteiger partial charge in [0.1, 0.15) is 11.5 Å². The number of ether oxygens (including phenoxy) is 1. The van der Waals surface area contributed by atoms with E-state index in [2.05, 4.69) is 24.8 Å². The van der Waals surface area contributed by atoms with Gasteiger partial charge in [-0.05, 0) is 61.9 Å². The van der Waals surface area contributed by atoms with Gasteiger partial charge < -0.3 is 9.84 Å². The molecule has 215 valence electrons. The van der Waals surface area contributed by atoms with Crippen LogP contribution in [0.2, 0.25) is 0 Å². The minimum atomic E-state index is -0.250. The summed E-state index contributed by atoms with van der Waals surface area (Å²) in [4.78, 5) is 16.7. The molecule has 40 heavy (non-hydrogen) atoms. The number of aliphatic imine (C=N–C) groups is 1. The number of rotatable bonds is 20. The van der Waals surface area contributed by atoms with E-state index < -0.39 is 0 Å². The lowest BCUT2D eigenvalue weighted by Gasteiger charge is -2.08. The zero-order valence-electron chi connectivity index (χ0n) is 24.5. The van der Waals surface area contributed by atoms with Gasteiger partial charge >= 0.3 is 5.97 Å². The number of aromatic hydroxyl groups is 1. The normalized spacial score (nSPS) is 13.8. The molecule has 0 spiro atoms. The second-order valence-electron chi connectivity index (χ2n) is 10.9. The molecule has 0 saturated heterocycles. The highest BCUT2D eigenvalue weighted by atomic mass is 16.5. The fourth-order valence-corrected chi connectivity index (χ4v) is 4.97. The zero-order valence-corrected chi connectivity index (χ0v) is 24.5. The Hall–Kier alpha value is -2.62. The summed E-state index contributed by atoms with van der Waals surface area (Å²) in [5.41, 5.74) is 2.51. The molecule has 4 heteroatoms. The van der Waals surface area contributed by atoms with Crippen molar-refractivity contribution in [1.82, 2.24) is 0 Å². The summed E-state index contributed by atoms with van der Waals surface area (Å²) in [5.74, 6) is 1.33. The minimum Gasteiger partial charge on any atom is -0.507 e. The van der Waals surface area contributed by atoms with Gasteiger partial charge in [0.2, 0.25) is 0 Å². The van der Waals surface area contributed by atoms with Crippen molar-refractivity contribution in [3.63, 3.8) is 0 Å². The van der Waals surface area contributed by atoms with E-state index in [1.54, 1.807) is 18.3 Å². The van der Waals surface area contributed by atoms with Crippen LogP contribution in [0.25, 0.3) is 0 Å². The van der Waals surface area contributed by atoms with E-state index >= 15 is 0 Å². The van der Waals surface area contributed by atoms with Gasteiger partial charge in [-0.1, -0.05) is 109 Å². The van der Waals surface area contributed by atoms with Crippen LogP contribution >= 0.6 is 0 Å². The van der Waals surface area contributed by atoms with Crippen molar-refractivity contribution >= 4 is 17.9 Å². The van der Waals surface area contributed by atoms with Crippen molar-refractivity contribution in [3.05, 3.63) is 85.2 Å². The molecule has 1 aliphatic carbocycles. The van der Waals surface area contributed by atoms with Crippen molar-refractivity contribution in [2.24, 2.45) is 4.99 Å². The summed E-state index contributed by atoms with van der Waals surface area (Å²) >= 11 is 0. The van der Waals surface area contributed by atoms with Gasteiger partial charge in [-0.3, -0.25) is 9.79 Å². The van der Waals surface area contributed by atoms with Crippen LogP contribution in [0.1, 0.15) is 121 Å². The van der Waals surface area contributed by atoms with Crippen molar-refractivity contribution < 1.29 is 14.6 Å². The third kappa shape index (κ3) is 12.7. The number of nitrogens with zero attached hydrogens (tertiary/aromatic N) is 1. The molecule has 1 fully saturated rings. The molecule has 1 aliphatic rings. The van der Waals surface area contributed by atoms with Gasteiger partial charge in [-0.15, -0.1) is 0 Å². The van der Waals surface area contributed by atoms with Gasteiger partial charge in [0.25, 0.3) is 0 Å². The summed E-state index contributed by atoms with van der Waals surface area (Å²) < 4.78 is 5.44. The van der Waals surface area contributed by atoms with Crippen molar-refractivity contribution in [2.45, 2.75) is 110 Å². The highest BCUT2D eigenvalue weighted by Crippen LogP contribution is 2.31. The molecular formula is C36H48NO3. The lowest BCUT2D eigenvalue weighted by atomic mass is 9.98. The Morgan fingerprint density at radius 2 is 1.30 bits per heavy atom. The lowest BCUT2D eigenvalue weighted by Crippen LogP contribution is -2.07. The molecule has 2 aromatic rings. The average molecular weight is 543 g/mol. The van der Waals surface area contributed by atoms with Gasteiger partial charge in [-0.25, -0.2) is 0 Å². The molecule has 1 N–H and O–H groups in total. The highest BCUT2D eigenvalue weighted by molar-refractivity contribution is 5.86. The first-order valence-corrected chi connectivity index (χ1v) is 15.6. The van der Waals surface area contributed by atoms with E-state index in [-0.39, 0.29) is 11.7 Å². The quantitative estimate of drug-likeness (QED) is 0.0783. The predicted octanol–water partition coefficient (Wildman–Crippen LogP) is 10.1. The highest BCUT2D eigenvalue weighted by Gasteiger charge is 2.18. The Morgan fingerprint density at radius 3 is 1.85 bits per heavy atom. The Morgan fingerprint density at radius 1 is 0.750 bits per heavy atom. The third-order valence-electron chi connectivity index (χ3n) is 7.43. The van der Waals surface area contributed by atoms with E-state index in [4.69, 9.17) is 4.74 Å². The molecule has 0 aromatic heterocycles. The Labute approximate surface area is 243 Å². The first kappa shape index (κ1) is 31.9. The number of benzene rings is 2. The third-order valence-corrected chi connectivity index (χ3v) is 7.43. The van der Waals surface area contributed by atoms with Gasteiger partial charge in [0.05, 0.1) is 5.69 Å². The van der Waals surface area contributed by atoms with E-state index in [1.165, 1.54) is 95.5 Å². The topological polar surface area (TPSA) is 58.9 Å². The molecule has 2 aromatic carbocycles. The van der Waals surface area contributed by atoms with Crippen LogP contribution in [-0.2, 0) is 4.79 Å². The molecule has 0 aliphatic heterocycles. The van der Waals surface area contributed by atoms with Crippen molar-refractivity contribution in [2.75, 3.05) is 0 Å². The fourth-order valence-electron chi connectivity index (χ4n) is 4.97. The number of phenols is 1. The summed E-state index contributed by atoms with van der Waals surface area (Å²) in [6, 6.07) is 12.8. The number of hydrogen-bond donors (Lipinski definition) is 1. The van der Waals surface area contributed by atoms with Crippen molar-refractivity contribution in [3.8, 4) is 11.5 Å². The minimum absolute atomic E-state index is 0.0365. The van der Waals surface area contributed by atoms with E-state index in [9.17, 15) is 9.90 Å². The van der Waals surface area contributed by atoms with Crippen LogP contribution in [-0.4, -0.2) is 17.3 Å². The SMILES string of the molecule is CCCCCCCCCCCCCCCCCC(=O)Oc1ccc(C=Nc2ccc([C]3[CH][CH][CH][CH]3)cc2)c(O)c1. The van der Waals surface area contributed by atoms with Crippen LogP contribution in [0.3, 0.4) is 0 Å².